The van der Waals surface area contributed by atoms with Crippen LogP contribution in [0.5, 0.6) is 0 Å². The number of benzene rings is 1. The second-order valence-corrected chi connectivity index (χ2v) is 7.58. The predicted octanol–water partition coefficient (Wildman–Crippen LogP) is 3.98. The number of halogens is 2. The molecule has 2 aromatic rings. The number of furan rings is 1. The van der Waals surface area contributed by atoms with Gasteiger partial charge in [0.1, 0.15) is 11.0 Å². The van der Waals surface area contributed by atoms with Gasteiger partial charge in [0, 0.05) is 29.4 Å². The van der Waals surface area contributed by atoms with Crippen molar-refractivity contribution in [1.82, 2.24) is 4.90 Å². The lowest BCUT2D eigenvalue weighted by Gasteiger charge is -2.30. The zero-order chi connectivity index (χ0) is 18.0. The van der Waals surface area contributed by atoms with Crippen LogP contribution in [0.15, 0.2) is 34.7 Å². The molecule has 132 valence electrons. The minimum absolute atomic E-state index is 0.205. The largest absolute Gasteiger partial charge is 0.468 e. The minimum atomic E-state index is -0.372. The molecule has 1 aliphatic heterocycles. The zero-order valence-electron chi connectivity index (χ0n) is 13.3. The highest BCUT2D eigenvalue weighted by Gasteiger charge is 2.31. The Balaban J connectivity index is 1.77. The Labute approximate surface area is 159 Å². The first kappa shape index (κ1) is 18.2. The van der Waals surface area contributed by atoms with E-state index < -0.39 is 0 Å². The minimum Gasteiger partial charge on any atom is -0.468 e. The molecule has 1 aromatic carbocycles. The first-order valence-electron chi connectivity index (χ1n) is 7.53. The molecule has 1 saturated heterocycles. The van der Waals surface area contributed by atoms with Crippen molar-refractivity contribution in [1.29, 1.82) is 0 Å². The number of carbonyl (C=O) groups is 2. The number of nitrogens with zero attached hydrogens (tertiary/aromatic N) is 1. The van der Waals surface area contributed by atoms with Crippen molar-refractivity contribution in [2.24, 2.45) is 0 Å². The van der Waals surface area contributed by atoms with E-state index in [1.807, 2.05) is 0 Å². The summed E-state index contributed by atoms with van der Waals surface area (Å²) in [5, 5.41) is 0.597. The third kappa shape index (κ3) is 3.97. The van der Waals surface area contributed by atoms with Gasteiger partial charge in [-0.05, 0) is 30.3 Å². The smallest absolute Gasteiger partial charge is 0.320 e. The Morgan fingerprint density at radius 1 is 1.28 bits per heavy atom. The SMILES string of the molecule is COC(=O)[C@H]1CN(C(=O)c2ccc(-c3ccc(Cl)cc3Cl)o2)CCS1. The molecule has 2 heterocycles. The summed E-state index contributed by atoms with van der Waals surface area (Å²) >= 11 is 13.6. The van der Waals surface area contributed by atoms with Crippen molar-refractivity contribution in [2.75, 3.05) is 26.0 Å². The maximum Gasteiger partial charge on any atom is 0.320 e. The Kier molecular flexibility index (Phi) is 5.61. The van der Waals surface area contributed by atoms with Crippen LogP contribution < -0.4 is 0 Å². The standard InChI is InChI=1S/C17H15Cl2NO4S/c1-23-17(22)15-9-20(6-7-25-15)16(21)14-5-4-13(24-14)11-3-2-10(18)8-12(11)19/h2-5,8,15H,6-7,9H2,1H3/t15-/m1/s1. The number of thioether (sulfide) groups is 1. The summed E-state index contributed by atoms with van der Waals surface area (Å²) in [4.78, 5) is 26.0. The molecule has 0 saturated carbocycles. The second-order valence-electron chi connectivity index (χ2n) is 5.42. The van der Waals surface area contributed by atoms with Crippen LogP contribution in [0.3, 0.4) is 0 Å². The molecule has 0 spiro atoms. The van der Waals surface area contributed by atoms with Crippen molar-refractivity contribution in [3.8, 4) is 11.3 Å². The van der Waals surface area contributed by atoms with Gasteiger partial charge in [0.2, 0.25) is 0 Å². The van der Waals surface area contributed by atoms with Crippen LogP contribution >= 0.6 is 35.0 Å². The summed E-state index contributed by atoms with van der Waals surface area (Å²) in [6, 6.07) is 8.36. The summed E-state index contributed by atoms with van der Waals surface area (Å²) in [6.07, 6.45) is 0. The third-order valence-electron chi connectivity index (χ3n) is 3.83. The molecule has 0 bridgehead atoms. The summed E-state index contributed by atoms with van der Waals surface area (Å²) < 4.78 is 10.4. The summed E-state index contributed by atoms with van der Waals surface area (Å²) in [5.41, 5.74) is 0.659. The maximum absolute atomic E-state index is 12.7. The highest BCUT2D eigenvalue weighted by molar-refractivity contribution is 8.00. The zero-order valence-corrected chi connectivity index (χ0v) is 15.7. The predicted molar refractivity (Wildman–Crippen MR) is 98.3 cm³/mol. The van der Waals surface area contributed by atoms with Gasteiger partial charge >= 0.3 is 5.97 Å². The van der Waals surface area contributed by atoms with Gasteiger partial charge in [0.05, 0.1) is 12.1 Å². The lowest BCUT2D eigenvalue weighted by atomic mass is 10.2. The molecule has 0 N–H and O–H groups in total. The Morgan fingerprint density at radius 3 is 2.80 bits per heavy atom. The first-order valence-corrected chi connectivity index (χ1v) is 9.34. The molecule has 3 rings (SSSR count). The monoisotopic (exact) mass is 399 g/mol. The van der Waals surface area contributed by atoms with E-state index in [1.54, 1.807) is 35.2 Å². The van der Waals surface area contributed by atoms with Crippen LogP contribution in [0.25, 0.3) is 11.3 Å². The van der Waals surface area contributed by atoms with Crippen molar-refractivity contribution in [3.63, 3.8) is 0 Å². The number of hydrogen-bond donors (Lipinski definition) is 0. The van der Waals surface area contributed by atoms with Gasteiger partial charge in [-0.2, -0.15) is 0 Å². The molecule has 0 unspecified atom stereocenters. The highest BCUT2D eigenvalue weighted by Crippen LogP contribution is 2.32. The second kappa shape index (κ2) is 7.72. The van der Waals surface area contributed by atoms with Gasteiger partial charge in [-0.15, -0.1) is 11.8 Å². The van der Waals surface area contributed by atoms with E-state index in [2.05, 4.69) is 0 Å². The van der Waals surface area contributed by atoms with E-state index in [0.717, 1.165) is 0 Å². The van der Waals surface area contributed by atoms with Crippen LogP contribution in [0.1, 0.15) is 10.6 Å². The highest BCUT2D eigenvalue weighted by atomic mass is 35.5. The van der Waals surface area contributed by atoms with Crippen LogP contribution in [-0.4, -0.2) is 48.0 Å². The van der Waals surface area contributed by atoms with E-state index >= 15 is 0 Å². The van der Waals surface area contributed by atoms with E-state index in [4.69, 9.17) is 32.4 Å². The molecule has 1 aromatic heterocycles. The van der Waals surface area contributed by atoms with Crippen molar-refractivity contribution >= 4 is 46.8 Å². The molecule has 5 nitrogen and oxygen atoms in total. The van der Waals surface area contributed by atoms with E-state index in [1.165, 1.54) is 18.9 Å². The van der Waals surface area contributed by atoms with Crippen molar-refractivity contribution in [3.05, 3.63) is 46.1 Å². The number of hydrogen-bond acceptors (Lipinski definition) is 5. The molecule has 1 fully saturated rings. The van der Waals surface area contributed by atoms with Gasteiger partial charge in [-0.1, -0.05) is 23.2 Å². The topological polar surface area (TPSA) is 59.8 Å². The number of esters is 1. The van der Waals surface area contributed by atoms with Gasteiger partial charge in [0.15, 0.2) is 5.76 Å². The Bertz CT molecular complexity index is 808. The fourth-order valence-corrected chi connectivity index (χ4v) is 4.18. The van der Waals surface area contributed by atoms with Crippen LogP contribution in [0.4, 0.5) is 0 Å². The fraction of sp³-hybridized carbons (Fsp3) is 0.294. The average molecular weight is 400 g/mol. The molecule has 1 amide bonds. The molecule has 1 aliphatic rings. The van der Waals surface area contributed by atoms with E-state index in [9.17, 15) is 9.59 Å². The number of rotatable bonds is 3. The number of ether oxygens (including phenoxy) is 1. The number of carbonyl (C=O) groups excluding carboxylic acids is 2. The molecule has 0 aliphatic carbocycles. The first-order chi connectivity index (χ1) is 12.0. The average Bonchev–Trinajstić information content (AvgIpc) is 3.10. The van der Waals surface area contributed by atoms with Crippen molar-refractivity contribution in [2.45, 2.75) is 5.25 Å². The maximum atomic E-state index is 12.7. The van der Waals surface area contributed by atoms with Crippen LogP contribution in [-0.2, 0) is 9.53 Å². The summed E-state index contributed by atoms with van der Waals surface area (Å²) in [7, 11) is 1.35. The lowest BCUT2D eigenvalue weighted by Crippen LogP contribution is -2.44. The van der Waals surface area contributed by atoms with Crippen LogP contribution in [0.2, 0.25) is 10.0 Å². The normalized spacial score (nSPS) is 17.4. The van der Waals surface area contributed by atoms with Gasteiger partial charge in [-0.3, -0.25) is 9.59 Å². The van der Waals surface area contributed by atoms with Crippen LogP contribution in [0, 0.1) is 0 Å². The summed E-state index contributed by atoms with van der Waals surface area (Å²) in [6.45, 7) is 0.850. The summed E-state index contributed by atoms with van der Waals surface area (Å²) in [5.74, 6) is 0.779. The fourth-order valence-electron chi connectivity index (χ4n) is 2.55. The molecular weight excluding hydrogens is 385 g/mol. The molecule has 0 radical (unpaired) electrons. The van der Waals surface area contributed by atoms with Gasteiger partial charge in [-0.25, -0.2) is 0 Å². The molecular formula is C17H15Cl2NO4S. The van der Waals surface area contributed by atoms with Crippen molar-refractivity contribution < 1.29 is 18.7 Å². The van der Waals surface area contributed by atoms with Gasteiger partial charge in [0.25, 0.3) is 5.91 Å². The number of methoxy groups -OCH3 is 1. The quantitative estimate of drug-likeness (QED) is 0.730. The molecule has 1 atom stereocenters. The Hall–Kier alpha value is -1.63. The number of amides is 1. The Morgan fingerprint density at radius 2 is 2.08 bits per heavy atom. The lowest BCUT2D eigenvalue weighted by molar-refractivity contribution is -0.140. The molecule has 25 heavy (non-hydrogen) atoms. The van der Waals surface area contributed by atoms with E-state index in [0.29, 0.717) is 40.2 Å². The van der Waals surface area contributed by atoms with Gasteiger partial charge < -0.3 is 14.1 Å². The van der Waals surface area contributed by atoms with E-state index in [-0.39, 0.29) is 22.9 Å². The molecule has 8 heteroatoms. The third-order valence-corrected chi connectivity index (χ3v) is 5.54.